The number of aromatic nitrogens is 4. The molecule has 24 heteroatoms. The maximum Gasteiger partial charge on any atom is 0.350 e. The van der Waals surface area contributed by atoms with Crippen LogP contribution in [-0.4, -0.2) is 132 Å². The number of nitro groups is 1. The predicted octanol–water partition coefficient (Wildman–Crippen LogP) is 3.16. The number of carbonyl (C=O) groups excluding carboxylic acids is 1. The number of sulfonamides is 1. The second kappa shape index (κ2) is 24.9. The van der Waals surface area contributed by atoms with Gasteiger partial charge in [0.05, 0.1) is 118 Å². The summed E-state index contributed by atoms with van der Waals surface area (Å²) >= 11 is 3.32. The third kappa shape index (κ3) is 16.0. The Balaban J connectivity index is 0.972. The van der Waals surface area contributed by atoms with E-state index in [0.717, 1.165) is 6.07 Å². The van der Waals surface area contributed by atoms with Crippen molar-refractivity contribution >= 4 is 60.7 Å². The standard InChI is InChI=1S/C35H45BrFN9O12S/c1-52-34-30(46(48)49)24-45(44-34)10-12-54-14-16-56-18-20-58-22-21-57-19-17-55-15-13-53-11-9-40-59(50,51)26-7-5-25(6-8-26)41-35-39-23-27(36)33(43-35)42-29-4-2-3-28(37)31(29)32(38)47/h2-8,23-24,40H,9-22H2,1H3,(H2,38,47)(H2,39,41,42,43). The lowest BCUT2D eigenvalue weighted by Crippen LogP contribution is -2.27. The molecular weight excluding hydrogens is 869 g/mol. The number of ether oxygens (including phenoxy) is 7. The number of carbonyl (C=O) groups is 1. The van der Waals surface area contributed by atoms with E-state index in [2.05, 4.69) is 46.4 Å². The molecule has 1 amide bonds. The summed E-state index contributed by atoms with van der Waals surface area (Å²) in [7, 11) is -2.49. The van der Waals surface area contributed by atoms with E-state index in [-0.39, 0.29) is 59.2 Å². The molecule has 4 rings (SSSR count). The number of anilines is 4. The fourth-order valence-electron chi connectivity index (χ4n) is 4.84. The van der Waals surface area contributed by atoms with Gasteiger partial charge in [-0.2, -0.15) is 4.98 Å². The zero-order valence-electron chi connectivity index (χ0n) is 32.0. The van der Waals surface area contributed by atoms with E-state index in [1.165, 1.54) is 48.5 Å². The quantitative estimate of drug-likeness (QED) is 0.0333. The van der Waals surface area contributed by atoms with Gasteiger partial charge in [-0.15, -0.1) is 5.10 Å². The molecule has 2 aromatic carbocycles. The first-order chi connectivity index (χ1) is 28.5. The Morgan fingerprint density at radius 1 is 0.881 bits per heavy atom. The van der Waals surface area contributed by atoms with Gasteiger partial charge in [0, 0.05) is 18.4 Å². The van der Waals surface area contributed by atoms with Crippen LogP contribution in [0.1, 0.15) is 10.4 Å². The highest BCUT2D eigenvalue weighted by Crippen LogP contribution is 2.28. The normalized spacial score (nSPS) is 11.4. The molecule has 0 aliphatic carbocycles. The number of hydrogen-bond acceptors (Lipinski definition) is 17. The molecule has 5 N–H and O–H groups in total. The molecule has 59 heavy (non-hydrogen) atoms. The van der Waals surface area contributed by atoms with E-state index in [1.54, 1.807) is 12.1 Å². The minimum atomic E-state index is -3.81. The highest BCUT2D eigenvalue weighted by molar-refractivity contribution is 9.10. The van der Waals surface area contributed by atoms with Crippen molar-refractivity contribution in [2.45, 2.75) is 11.4 Å². The average molecular weight is 915 g/mol. The van der Waals surface area contributed by atoms with Gasteiger partial charge in [0.2, 0.25) is 16.0 Å². The molecule has 322 valence electrons. The Kier molecular flexibility index (Phi) is 19.7. The second-order valence-corrected chi connectivity index (χ2v) is 14.4. The number of primary amides is 1. The van der Waals surface area contributed by atoms with Crippen molar-refractivity contribution in [3.63, 3.8) is 0 Å². The Morgan fingerprint density at radius 3 is 2.00 bits per heavy atom. The van der Waals surface area contributed by atoms with Crippen molar-refractivity contribution in [3.8, 4) is 5.88 Å². The Morgan fingerprint density at radius 2 is 1.46 bits per heavy atom. The summed E-state index contributed by atoms with van der Waals surface area (Å²) in [4.78, 5) is 30.7. The maximum atomic E-state index is 14.2. The first-order valence-electron chi connectivity index (χ1n) is 18.0. The van der Waals surface area contributed by atoms with Gasteiger partial charge in [0.1, 0.15) is 17.8 Å². The number of rotatable bonds is 30. The van der Waals surface area contributed by atoms with Crippen LogP contribution in [0, 0.1) is 15.9 Å². The third-order valence-electron chi connectivity index (χ3n) is 7.64. The van der Waals surface area contributed by atoms with Crippen LogP contribution in [0.5, 0.6) is 5.88 Å². The maximum absolute atomic E-state index is 14.2. The molecule has 0 fully saturated rings. The molecule has 0 atom stereocenters. The summed E-state index contributed by atoms with van der Waals surface area (Å²) < 4.78 is 81.6. The lowest BCUT2D eigenvalue weighted by Gasteiger charge is -2.13. The Bertz CT molecular complexity index is 2050. The van der Waals surface area contributed by atoms with E-state index in [9.17, 15) is 27.7 Å². The van der Waals surface area contributed by atoms with Gasteiger partial charge in [0.15, 0.2) is 0 Å². The summed E-state index contributed by atoms with van der Waals surface area (Å²) in [5.41, 5.74) is 5.42. The fourth-order valence-corrected chi connectivity index (χ4v) is 6.14. The van der Waals surface area contributed by atoms with E-state index < -0.39 is 26.7 Å². The molecule has 2 heterocycles. The zero-order valence-corrected chi connectivity index (χ0v) is 34.4. The monoisotopic (exact) mass is 913 g/mol. The highest BCUT2D eigenvalue weighted by Gasteiger charge is 2.20. The van der Waals surface area contributed by atoms with Crippen LogP contribution in [0.3, 0.4) is 0 Å². The van der Waals surface area contributed by atoms with Crippen LogP contribution in [0.15, 0.2) is 64.2 Å². The van der Waals surface area contributed by atoms with Gasteiger partial charge in [-0.25, -0.2) is 22.5 Å². The minimum Gasteiger partial charge on any atom is -0.475 e. The Hall–Kier alpha value is -4.92. The van der Waals surface area contributed by atoms with Crippen molar-refractivity contribution < 1.29 is 55.7 Å². The first-order valence-corrected chi connectivity index (χ1v) is 20.2. The molecular formula is C35H45BrFN9O12S. The Labute approximate surface area is 347 Å². The first kappa shape index (κ1) is 46.8. The third-order valence-corrected chi connectivity index (χ3v) is 9.70. The van der Waals surface area contributed by atoms with Gasteiger partial charge in [-0.1, -0.05) is 6.07 Å². The summed E-state index contributed by atoms with van der Waals surface area (Å²) in [6.07, 6.45) is 2.74. The minimum absolute atomic E-state index is 0.0379. The molecule has 0 spiro atoms. The summed E-state index contributed by atoms with van der Waals surface area (Å²) in [5, 5.41) is 20.8. The number of benzene rings is 2. The van der Waals surface area contributed by atoms with Crippen LogP contribution in [0.25, 0.3) is 0 Å². The van der Waals surface area contributed by atoms with Crippen LogP contribution in [0.2, 0.25) is 0 Å². The number of nitrogens with two attached hydrogens (primary N) is 1. The predicted molar refractivity (Wildman–Crippen MR) is 213 cm³/mol. The van der Waals surface area contributed by atoms with E-state index >= 15 is 0 Å². The fraction of sp³-hybridized carbons (Fsp3) is 0.429. The van der Waals surface area contributed by atoms with Crippen LogP contribution in [0.4, 0.5) is 33.2 Å². The van der Waals surface area contributed by atoms with E-state index in [1.807, 2.05) is 0 Å². The number of amides is 1. The van der Waals surface area contributed by atoms with Crippen LogP contribution in [-0.2, 0) is 45.0 Å². The summed E-state index contributed by atoms with van der Waals surface area (Å²) in [5.74, 6) is -1.41. The molecule has 0 bridgehead atoms. The number of halogens is 2. The molecule has 4 aromatic rings. The smallest absolute Gasteiger partial charge is 0.350 e. The van der Waals surface area contributed by atoms with Crippen molar-refractivity contribution in [2.75, 3.05) is 104 Å². The largest absolute Gasteiger partial charge is 0.475 e. The van der Waals surface area contributed by atoms with E-state index in [0.29, 0.717) is 82.8 Å². The zero-order chi connectivity index (χ0) is 42.5. The van der Waals surface area contributed by atoms with Crippen molar-refractivity contribution in [2.24, 2.45) is 5.73 Å². The molecule has 0 saturated heterocycles. The SMILES string of the molecule is COc1nn(CCOCCOCCOCCOCCOCCOCCNS(=O)(=O)c2ccc(Nc3ncc(Br)c(Nc4cccc(F)c4C(N)=O)n3)cc2)cc1[N+](=O)[O-]. The molecule has 2 aromatic heterocycles. The second-order valence-electron chi connectivity index (χ2n) is 11.8. The van der Waals surface area contributed by atoms with Gasteiger partial charge < -0.3 is 49.5 Å². The van der Waals surface area contributed by atoms with Crippen molar-refractivity contribution in [1.82, 2.24) is 24.5 Å². The molecule has 0 aliphatic heterocycles. The summed E-state index contributed by atoms with van der Waals surface area (Å²) in [6.45, 7) is 4.40. The highest BCUT2D eigenvalue weighted by atomic mass is 79.9. The summed E-state index contributed by atoms with van der Waals surface area (Å²) in [6, 6.07) is 9.93. The molecule has 21 nitrogen and oxygen atoms in total. The van der Waals surface area contributed by atoms with Gasteiger partial charge >= 0.3 is 11.6 Å². The molecule has 0 radical (unpaired) electrons. The van der Waals surface area contributed by atoms with Crippen LogP contribution < -0.4 is 25.8 Å². The topological polar surface area (TPSA) is 265 Å². The van der Waals surface area contributed by atoms with Crippen molar-refractivity contribution in [3.05, 3.63) is 80.8 Å². The number of hydrogen-bond donors (Lipinski definition) is 4. The lowest BCUT2D eigenvalue weighted by molar-refractivity contribution is -0.385. The molecule has 0 unspecified atom stereocenters. The number of methoxy groups -OCH3 is 1. The number of nitrogens with zero attached hydrogens (tertiary/aromatic N) is 5. The van der Waals surface area contributed by atoms with E-state index in [4.69, 9.17) is 38.9 Å². The molecule has 0 saturated carbocycles. The van der Waals surface area contributed by atoms with Gasteiger partial charge in [0.25, 0.3) is 5.91 Å². The lowest BCUT2D eigenvalue weighted by atomic mass is 10.1. The van der Waals surface area contributed by atoms with Crippen LogP contribution >= 0.6 is 15.9 Å². The molecule has 0 aliphatic rings. The van der Waals surface area contributed by atoms with Crippen molar-refractivity contribution in [1.29, 1.82) is 0 Å². The average Bonchev–Trinajstić information content (AvgIpc) is 3.63. The van der Waals surface area contributed by atoms with Gasteiger partial charge in [-0.05, 0) is 52.3 Å². The number of nitrogens with one attached hydrogen (secondary N) is 3. The van der Waals surface area contributed by atoms with Gasteiger partial charge in [-0.3, -0.25) is 19.6 Å².